The van der Waals surface area contributed by atoms with Gasteiger partial charge in [-0.2, -0.15) is 4.98 Å². The van der Waals surface area contributed by atoms with Gasteiger partial charge in [-0.1, -0.05) is 0 Å². The molecule has 1 aliphatic carbocycles. The van der Waals surface area contributed by atoms with Crippen LogP contribution >= 0.6 is 0 Å². The zero-order valence-corrected chi connectivity index (χ0v) is 10.1. The summed E-state index contributed by atoms with van der Waals surface area (Å²) in [7, 11) is 0. The third kappa shape index (κ3) is 2.44. The van der Waals surface area contributed by atoms with Crippen molar-refractivity contribution < 1.29 is 4.52 Å². The summed E-state index contributed by atoms with van der Waals surface area (Å²) in [6, 6.07) is 0. The molecule has 2 heterocycles. The zero-order chi connectivity index (χ0) is 11.7. The fourth-order valence-electron chi connectivity index (χ4n) is 2.57. The highest BCUT2D eigenvalue weighted by atomic mass is 16.5. The monoisotopic (exact) mass is 236 g/mol. The van der Waals surface area contributed by atoms with Gasteiger partial charge in [0.15, 0.2) is 0 Å². The maximum atomic E-state index is 5.63. The predicted octanol–water partition coefficient (Wildman–Crippen LogP) is 1.51. The largest absolute Gasteiger partial charge is 0.338 e. The minimum atomic E-state index is 0.542. The molecule has 3 rings (SSSR count). The van der Waals surface area contributed by atoms with E-state index in [-0.39, 0.29) is 0 Å². The molecule has 0 radical (unpaired) electrons. The number of aromatic nitrogens is 2. The Bertz CT molecular complexity index is 372. The molecule has 1 atom stereocenters. The summed E-state index contributed by atoms with van der Waals surface area (Å²) in [5.41, 5.74) is 5.63. The Kier molecular flexibility index (Phi) is 3.01. The minimum absolute atomic E-state index is 0.542. The highest BCUT2D eigenvalue weighted by molar-refractivity contribution is 5.29. The van der Waals surface area contributed by atoms with Crippen LogP contribution in [0.5, 0.6) is 0 Å². The van der Waals surface area contributed by atoms with E-state index in [1.807, 2.05) is 0 Å². The number of nitrogens with two attached hydrogens (primary N) is 1. The first-order chi connectivity index (χ1) is 8.36. The van der Waals surface area contributed by atoms with Gasteiger partial charge >= 0.3 is 0 Å². The first-order valence-corrected chi connectivity index (χ1v) is 6.65. The van der Waals surface area contributed by atoms with Gasteiger partial charge in [-0.05, 0) is 49.7 Å². The number of hydrogen-bond acceptors (Lipinski definition) is 5. The fourth-order valence-corrected chi connectivity index (χ4v) is 2.57. The average molecular weight is 236 g/mol. The Morgan fingerprint density at radius 1 is 1.35 bits per heavy atom. The third-order valence-electron chi connectivity index (χ3n) is 3.73. The van der Waals surface area contributed by atoms with E-state index in [4.69, 9.17) is 10.3 Å². The van der Waals surface area contributed by atoms with Crippen LogP contribution < -0.4 is 10.6 Å². The predicted molar refractivity (Wildman–Crippen MR) is 64.9 cm³/mol. The van der Waals surface area contributed by atoms with Crippen LogP contribution in [0.4, 0.5) is 5.95 Å². The molecule has 1 aromatic heterocycles. The molecular formula is C12H20N4O. The van der Waals surface area contributed by atoms with Crippen molar-refractivity contribution in [3.8, 4) is 0 Å². The molecule has 1 unspecified atom stereocenters. The Morgan fingerprint density at radius 2 is 2.24 bits per heavy atom. The van der Waals surface area contributed by atoms with Gasteiger partial charge in [-0.25, -0.2) is 0 Å². The van der Waals surface area contributed by atoms with E-state index in [1.54, 1.807) is 0 Å². The van der Waals surface area contributed by atoms with Crippen molar-refractivity contribution in [2.45, 2.75) is 38.0 Å². The second-order valence-corrected chi connectivity index (χ2v) is 5.24. The van der Waals surface area contributed by atoms with E-state index < -0.39 is 0 Å². The minimum Gasteiger partial charge on any atom is -0.338 e. The maximum Gasteiger partial charge on any atom is 0.266 e. The number of nitrogens with zero attached hydrogens (tertiary/aromatic N) is 3. The van der Waals surface area contributed by atoms with Crippen LogP contribution in [0.1, 0.15) is 43.9 Å². The molecule has 1 saturated carbocycles. The molecule has 0 spiro atoms. The van der Waals surface area contributed by atoms with Gasteiger partial charge in [0.05, 0.1) is 0 Å². The molecule has 0 amide bonds. The van der Waals surface area contributed by atoms with Crippen LogP contribution in [0.15, 0.2) is 4.52 Å². The lowest BCUT2D eigenvalue weighted by Crippen LogP contribution is -2.36. The average Bonchev–Trinajstić information content (AvgIpc) is 3.08. The van der Waals surface area contributed by atoms with Gasteiger partial charge < -0.3 is 15.2 Å². The normalized spacial score (nSPS) is 25.2. The third-order valence-corrected chi connectivity index (χ3v) is 3.73. The van der Waals surface area contributed by atoms with Crippen molar-refractivity contribution in [1.82, 2.24) is 10.1 Å². The Hall–Kier alpha value is -1.10. The lowest BCUT2D eigenvalue weighted by atomic mass is 9.95. The van der Waals surface area contributed by atoms with Crippen molar-refractivity contribution >= 4 is 5.95 Å². The Labute approximate surface area is 101 Å². The van der Waals surface area contributed by atoms with E-state index >= 15 is 0 Å². The van der Waals surface area contributed by atoms with E-state index in [9.17, 15) is 0 Å². The molecule has 0 bridgehead atoms. The highest BCUT2D eigenvalue weighted by Gasteiger charge is 2.31. The van der Waals surface area contributed by atoms with E-state index in [0.29, 0.717) is 11.8 Å². The molecule has 1 saturated heterocycles. The van der Waals surface area contributed by atoms with Gasteiger partial charge in [0, 0.05) is 19.0 Å². The van der Waals surface area contributed by atoms with Crippen LogP contribution in [0.2, 0.25) is 0 Å². The standard InChI is InChI=1S/C12H20N4O/c13-6-5-9-2-1-7-16(8-9)12-14-11(17-15-12)10-3-4-10/h9-10H,1-8,13H2. The summed E-state index contributed by atoms with van der Waals surface area (Å²) >= 11 is 0. The number of anilines is 1. The summed E-state index contributed by atoms with van der Waals surface area (Å²) in [6.07, 6.45) is 6.00. The van der Waals surface area contributed by atoms with Crippen LogP contribution in [-0.4, -0.2) is 29.8 Å². The quantitative estimate of drug-likeness (QED) is 0.858. The van der Waals surface area contributed by atoms with Gasteiger partial charge in [-0.3, -0.25) is 0 Å². The van der Waals surface area contributed by atoms with Crippen LogP contribution in [0, 0.1) is 5.92 Å². The van der Waals surface area contributed by atoms with E-state index in [2.05, 4.69) is 15.0 Å². The lowest BCUT2D eigenvalue weighted by Gasteiger charge is -2.31. The van der Waals surface area contributed by atoms with Crippen molar-refractivity contribution in [3.05, 3.63) is 5.89 Å². The Morgan fingerprint density at radius 3 is 3.00 bits per heavy atom. The molecule has 94 valence electrons. The summed E-state index contributed by atoms with van der Waals surface area (Å²) in [5, 5.41) is 4.10. The van der Waals surface area contributed by atoms with Gasteiger partial charge in [0.2, 0.25) is 5.89 Å². The smallest absolute Gasteiger partial charge is 0.266 e. The molecule has 2 fully saturated rings. The first-order valence-electron chi connectivity index (χ1n) is 6.65. The summed E-state index contributed by atoms with van der Waals surface area (Å²) in [5.74, 6) is 2.85. The number of hydrogen-bond donors (Lipinski definition) is 1. The number of rotatable bonds is 4. The fraction of sp³-hybridized carbons (Fsp3) is 0.833. The van der Waals surface area contributed by atoms with Crippen molar-refractivity contribution in [1.29, 1.82) is 0 Å². The molecule has 0 aromatic carbocycles. The summed E-state index contributed by atoms with van der Waals surface area (Å²) in [4.78, 5) is 6.76. The van der Waals surface area contributed by atoms with Crippen molar-refractivity contribution in [2.75, 3.05) is 24.5 Å². The molecule has 5 heteroatoms. The van der Waals surface area contributed by atoms with E-state index in [0.717, 1.165) is 37.9 Å². The zero-order valence-electron chi connectivity index (χ0n) is 10.1. The Balaban J connectivity index is 1.65. The van der Waals surface area contributed by atoms with Crippen LogP contribution in [0.25, 0.3) is 0 Å². The molecule has 2 N–H and O–H groups in total. The van der Waals surface area contributed by atoms with E-state index in [1.165, 1.54) is 25.7 Å². The second-order valence-electron chi connectivity index (χ2n) is 5.24. The van der Waals surface area contributed by atoms with Crippen LogP contribution in [-0.2, 0) is 0 Å². The van der Waals surface area contributed by atoms with Crippen molar-refractivity contribution in [3.63, 3.8) is 0 Å². The summed E-state index contributed by atoms with van der Waals surface area (Å²) < 4.78 is 5.31. The van der Waals surface area contributed by atoms with Gasteiger partial charge in [0.1, 0.15) is 0 Å². The molecule has 2 aliphatic rings. The SMILES string of the molecule is NCCC1CCCN(c2noc(C3CC3)n2)C1. The lowest BCUT2D eigenvalue weighted by molar-refractivity contribution is 0.367. The molecule has 1 aliphatic heterocycles. The first kappa shape index (κ1) is 11.0. The molecule has 17 heavy (non-hydrogen) atoms. The van der Waals surface area contributed by atoms with Crippen LogP contribution in [0.3, 0.4) is 0 Å². The van der Waals surface area contributed by atoms with Crippen molar-refractivity contribution in [2.24, 2.45) is 11.7 Å². The maximum absolute atomic E-state index is 5.63. The van der Waals surface area contributed by atoms with Gasteiger partial charge in [0.25, 0.3) is 5.95 Å². The topological polar surface area (TPSA) is 68.2 Å². The molecule has 1 aromatic rings. The highest BCUT2D eigenvalue weighted by Crippen LogP contribution is 2.39. The molecular weight excluding hydrogens is 216 g/mol. The second kappa shape index (κ2) is 4.64. The summed E-state index contributed by atoms with van der Waals surface area (Å²) in [6.45, 7) is 2.85. The van der Waals surface area contributed by atoms with Gasteiger partial charge in [-0.15, -0.1) is 0 Å². The number of piperidine rings is 1. The molecule has 5 nitrogen and oxygen atoms in total.